The molecule has 19 heavy (non-hydrogen) atoms. The predicted molar refractivity (Wildman–Crippen MR) is 78.8 cm³/mol. The topological polar surface area (TPSA) is 43.8 Å². The van der Waals surface area contributed by atoms with Crippen LogP contribution in [-0.4, -0.2) is 36.7 Å². The zero-order valence-corrected chi connectivity index (χ0v) is 12.3. The number of carbonyl (C=O) groups is 1. The molecule has 0 saturated heterocycles. The largest absolute Gasteiger partial charge is 0.465 e. The Morgan fingerprint density at radius 2 is 2.05 bits per heavy atom. The Bertz CT molecular complexity index is 418. The van der Waals surface area contributed by atoms with Gasteiger partial charge in [-0.1, -0.05) is 25.5 Å². The molecule has 0 aromatic heterocycles. The highest BCUT2D eigenvalue weighted by atomic mass is 16.4. The average molecular weight is 264 g/mol. The molecule has 4 heteroatoms. The van der Waals surface area contributed by atoms with E-state index < -0.39 is 6.09 Å². The zero-order valence-electron chi connectivity index (χ0n) is 12.3. The van der Waals surface area contributed by atoms with Crippen molar-refractivity contribution in [3.63, 3.8) is 0 Å². The van der Waals surface area contributed by atoms with Crippen LogP contribution in [0.3, 0.4) is 0 Å². The summed E-state index contributed by atoms with van der Waals surface area (Å²) in [6, 6.07) is 8.05. The van der Waals surface area contributed by atoms with Crippen molar-refractivity contribution in [1.82, 2.24) is 4.90 Å². The maximum absolute atomic E-state index is 11.3. The zero-order chi connectivity index (χ0) is 14.4. The molecule has 0 bridgehead atoms. The van der Waals surface area contributed by atoms with Crippen LogP contribution in [0.15, 0.2) is 24.3 Å². The third-order valence-corrected chi connectivity index (χ3v) is 3.41. The molecule has 4 nitrogen and oxygen atoms in total. The van der Waals surface area contributed by atoms with E-state index >= 15 is 0 Å². The number of anilines is 1. The fraction of sp³-hybridized carbons (Fsp3) is 0.533. The van der Waals surface area contributed by atoms with Gasteiger partial charge in [-0.25, -0.2) is 4.79 Å². The first kappa shape index (κ1) is 15.5. The van der Waals surface area contributed by atoms with Crippen molar-refractivity contribution in [1.29, 1.82) is 0 Å². The normalized spacial score (nSPS) is 12.5. The van der Waals surface area contributed by atoms with Gasteiger partial charge in [-0.05, 0) is 45.1 Å². The Labute approximate surface area is 115 Å². The lowest BCUT2D eigenvalue weighted by Gasteiger charge is -2.23. The maximum Gasteiger partial charge on any atom is 0.411 e. The molecule has 0 heterocycles. The molecule has 0 spiro atoms. The van der Waals surface area contributed by atoms with E-state index in [0.717, 1.165) is 24.1 Å². The lowest BCUT2D eigenvalue weighted by atomic mass is 10.1. The molecule has 0 saturated carbocycles. The van der Waals surface area contributed by atoms with Crippen LogP contribution in [0, 0.1) is 0 Å². The molecule has 1 N–H and O–H groups in total. The van der Waals surface area contributed by atoms with Gasteiger partial charge in [0.1, 0.15) is 0 Å². The molecule has 0 radical (unpaired) electrons. The van der Waals surface area contributed by atoms with Gasteiger partial charge in [0.2, 0.25) is 0 Å². The van der Waals surface area contributed by atoms with Crippen LogP contribution in [0.25, 0.3) is 0 Å². The van der Waals surface area contributed by atoms with Crippen LogP contribution in [0.2, 0.25) is 0 Å². The second kappa shape index (κ2) is 7.14. The first-order valence-electron chi connectivity index (χ1n) is 6.74. The van der Waals surface area contributed by atoms with E-state index in [1.807, 2.05) is 38.4 Å². The highest BCUT2D eigenvalue weighted by Crippen LogP contribution is 2.23. The Hall–Kier alpha value is -1.55. The van der Waals surface area contributed by atoms with Crippen molar-refractivity contribution in [2.45, 2.75) is 32.7 Å². The summed E-state index contributed by atoms with van der Waals surface area (Å²) in [5.41, 5.74) is 1.89. The molecule has 1 aromatic rings. The summed E-state index contributed by atoms with van der Waals surface area (Å²) in [6.45, 7) is 4.71. The number of amides is 1. The molecule has 0 aliphatic heterocycles. The van der Waals surface area contributed by atoms with Gasteiger partial charge in [-0.3, -0.25) is 4.90 Å². The predicted octanol–water partition coefficient (Wildman–Crippen LogP) is 3.59. The molecule has 106 valence electrons. The van der Waals surface area contributed by atoms with Crippen molar-refractivity contribution < 1.29 is 9.90 Å². The van der Waals surface area contributed by atoms with Gasteiger partial charge >= 0.3 is 6.09 Å². The third-order valence-electron chi connectivity index (χ3n) is 3.41. The van der Waals surface area contributed by atoms with Gasteiger partial charge in [-0.2, -0.15) is 0 Å². The number of hydrogen-bond acceptors (Lipinski definition) is 2. The molecule has 1 aromatic carbocycles. The van der Waals surface area contributed by atoms with Crippen LogP contribution in [0.1, 0.15) is 38.3 Å². The second-order valence-electron chi connectivity index (χ2n) is 5.02. The van der Waals surface area contributed by atoms with E-state index in [1.54, 1.807) is 0 Å². The highest BCUT2D eigenvalue weighted by molar-refractivity contribution is 5.86. The highest BCUT2D eigenvalue weighted by Gasteiger charge is 2.15. The van der Waals surface area contributed by atoms with Crippen molar-refractivity contribution in [3.8, 4) is 0 Å². The van der Waals surface area contributed by atoms with Crippen LogP contribution in [-0.2, 0) is 0 Å². The fourth-order valence-corrected chi connectivity index (χ4v) is 1.90. The summed E-state index contributed by atoms with van der Waals surface area (Å²) in [4.78, 5) is 14.9. The average Bonchev–Trinajstić information content (AvgIpc) is 2.38. The molecule has 1 unspecified atom stereocenters. The number of carboxylic acid groups (broad SMARTS) is 1. The third kappa shape index (κ3) is 4.24. The SMILES string of the molecule is CCCCN(C(=O)O)c1cccc(C(C)N(C)C)c1. The summed E-state index contributed by atoms with van der Waals surface area (Å²) in [5.74, 6) is 0. The molecule has 0 aliphatic carbocycles. The van der Waals surface area contributed by atoms with Crippen LogP contribution in [0.4, 0.5) is 10.5 Å². The minimum Gasteiger partial charge on any atom is -0.465 e. The van der Waals surface area contributed by atoms with Crippen LogP contribution >= 0.6 is 0 Å². The lowest BCUT2D eigenvalue weighted by Crippen LogP contribution is -2.30. The van der Waals surface area contributed by atoms with E-state index in [2.05, 4.69) is 18.7 Å². The Kier molecular flexibility index (Phi) is 5.83. The maximum atomic E-state index is 11.3. The van der Waals surface area contributed by atoms with E-state index in [9.17, 15) is 9.90 Å². The monoisotopic (exact) mass is 264 g/mol. The van der Waals surface area contributed by atoms with Gasteiger partial charge in [0, 0.05) is 18.3 Å². The molecular weight excluding hydrogens is 240 g/mol. The summed E-state index contributed by atoms with van der Waals surface area (Å²) < 4.78 is 0. The van der Waals surface area contributed by atoms with E-state index in [-0.39, 0.29) is 6.04 Å². The number of rotatable bonds is 6. The van der Waals surface area contributed by atoms with Gasteiger partial charge in [0.05, 0.1) is 0 Å². The fourth-order valence-electron chi connectivity index (χ4n) is 1.90. The number of unbranched alkanes of at least 4 members (excludes halogenated alkanes) is 1. The summed E-state index contributed by atoms with van der Waals surface area (Å²) in [6.07, 6.45) is 0.972. The lowest BCUT2D eigenvalue weighted by molar-refractivity contribution is 0.201. The smallest absolute Gasteiger partial charge is 0.411 e. The van der Waals surface area contributed by atoms with Gasteiger partial charge in [0.25, 0.3) is 0 Å². The summed E-state index contributed by atoms with van der Waals surface area (Å²) in [7, 11) is 4.03. The van der Waals surface area contributed by atoms with Crippen molar-refractivity contribution >= 4 is 11.8 Å². The Morgan fingerprint density at radius 3 is 2.58 bits per heavy atom. The number of hydrogen-bond donors (Lipinski definition) is 1. The van der Waals surface area contributed by atoms with Gasteiger partial charge < -0.3 is 10.0 Å². The van der Waals surface area contributed by atoms with E-state index in [0.29, 0.717) is 6.54 Å². The van der Waals surface area contributed by atoms with E-state index in [4.69, 9.17) is 0 Å². The molecule has 1 atom stereocenters. The van der Waals surface area contributed by atoms with Crippen molar-refractivity contribution in [3.05, 3.63) is 29.8 Å². The molecule has 1 rings (SSSR count). The Balaban J connectivity index is 2.98. The molecule has 0 aliphatic rings. The first-order chi connectivity index (χ1) is 8.97. The molecule has 0 fully saturated rings. The van der Waals surface area contributed by atoms with Crippen LogP contribution in [0.5, 0.6) is 0 Å². The van der Waals surface area contributed by atoms with Gasteiger partial charge in [0.15, 0.2) is 0 Å². The summed E-state index contributed by atoms with van der Waals surface area (Å²) >= 11 is 0. The number of nitrogens with zero attached hydrogens (tertiary/aromatic N) is 2. The van der Waals surface area contributed by atoms with Crippen molar-refractivity contribution in [2.75, 3.05) is 25.5 Å². The first-order valence-corrected chi connectivity index (χ1v) is 6.74. The Morgan fingerprint density at radius 1 is 1.37 bits per heavy atom. The standard InChI is InChI=1S/C15H24N2O2/c1-5-6-10-17(15(18)19)14-9-7-8-13(11-14)12(2)16(3)4/h7-9,11-12H,5-6,10H2,1-4H3,(H,18,19). The minimum absolute atomic E-state index is 0.266. The quantitative estimate of drug-likeness (QED) is 0.853. The molecule has 1 amide bonds. The minimum atomic E-state index is -0.886. The van der Waals surface area contributed by atoms with E-state index in [1.165, 1.54) is 4.90 Å². The van der Waals surface area contributed by atoms with Gasteiger partial charge in [-0.15, -0.1) is 0 Å². The summed E-state index contributed by atoms with van der Waals surface area (Å²) in [5, 5.41) is 9.31. The van der Waals surface area contributed by atoms with Crippen LogP contribution < -0.4 is 4.90 Å². The van der Waals surface area contributed by atoms with Crippen molar-refractivity contribution in [2.24, 2.45) is 0 Å². The second-order valence-corrected chi connectivity index (χ2v) is 5.02. The number of benzene rings is 1. The molecular formula is C15H24N2O2.